The van der Waals surface area contributed by atoms with E-state index in [9.17, 15) is 9.59 Å². The molecule has 0 bridgehead atoms. The fourth-order valence-electron chi connectivity index (χ4n) is 2.18. The minimum atomic E-state index is -0.998. The van der Waals surface area contributed by atoms with Gasteiger partial charge in [0.25, 0.3) is 0 Å². The molecule has 0 fully saturated rings. The number of carbonyl (C=O) groups excluding carboxylic acids is 1. The Bertz CT molecular complexity index is 473. The van der Waals surface area contributed by atoms with Gasteiger partial charge < -0.3 is 15.3 Å². The van der Waals surface area contributed by atoms with Crippen LogP contribution in [0.4, 0.5) is 0 Å². The van der Waals surface area contributed by atoms with Gasteiger partial charge in [-0.25, -0.2) is 0 Å². The molecular weight excluding hydrogens is 232 g/mol. The van der Waals surface area contributed by atoms with Gasteiger partial charge in [0.15, 0.2) is 0 Å². The third-order valence-electron chi connectivity index (χ3n) is 3.13. The van der Waals surface area contributed by atoms with E-state index in [0.29, 0.717) is 13.0 Å². The van der Waals surface area contributed by atoms with Crippen LogP contribution in [-0.4, -0.2) is 41.5 Å². The zero-order valence-corrected chi connectivity index (χ0v) is 10.2. The molecule has 1 amide bonds. The third kappa shape index (κ3) is 2.68. The molecule has 1 heterocycles. The van der Waals surface area contributed by atoms with Gasteiger partial charge in [0, 0.05) is 13.6 Å². The quantitative estimate of drug-likeness (QED) is 0.804. The largest absolute Gasteiger partial charge is 0.480 e. The van der Waals surface area contributed by atoms with Crippen molar-refractivity contribution < 1.29 is 14.7 Å². The van der Waals surface area contributed by atoms with Gasteiger partial charge in [-0.05, 0) is 17.5 Å². The average Bonchev–Trinajstić information content (AvgIpc) is 2.36. The molecule has 0 spiro atoms. The molecule has 0 saturated carbocycles. The Kier molecular flexibility index (Phi) is 3.62. The Morgan fingerprint density at radius 3 is 2.72 bits per heavy atom. The first-order chi connectivity index (χ1) is 8.58. The molecule has 1 atom stereocenters. The van der Waals surface area contributed by atoms with Crippen LogP contribution in [0.2, 0.25) is 0 Å². The number of hydrogen-bond donors (Lipinski definition) is 2. The second kappa shape index (κ2) is 5.18. The molecule has 0 aliphatic carbocycles. The Balaban J connectivity index is 2.04. The zero-order valence-electron chi connectivity index (χ0n) is 10.2. The van der Waals surface area contributed by atoms with Crippen LogP contribution in [0.3, 0.4) is 0 Å². The van der Waals surface area contributed by atoms with E-state index in [2.05, 4.69) is 5.32 Å². The van der Waals surface area contributed by atoms with Crippen molar-refractivity contribution in [1.29, 1.82) is 0 Å². The molecular formula is C13H16N2O3. The van der Waals surface area contributed by atoms with E-state index in [1.807, 2.05) is 24.3 Å². The first-order valence-electron chi connectivity index (χ1n) is 5.85. The SMILES string of the molecule is CN(CC(=O)O)C(=O)[C@H]1Cc2ccccc2CN1. The molecule has 0 radical (unpaired) electrons. The average molecular weight is 248 g/mol. The normalized spacial score (nSPS) is 17.9. The van der Waals surface area contributed by atoms with Crippen molar-refractivity contribution in [3.63, 3.8) is 0 Å². The molecule has 2 N–H and O–H groups in total. The highest BCUT2D eigenvalue weighted by molar-refractivity contribution is 5.85. The maximum Gasteiger partial charge on any atom is 0.323 e. The summed E-state index contributed by atoms with van der Waals surface area (Å²) >= 11 is 0. The summed E-state index contributed by atoms with van der Waals surface area (Å²) < 4.78 is 0. The molecule has 2 rings (SSSR count). The number of benzene rings is 1. The van der Waals surface area contributed by atoms with E-state index in [0.717, 1.165) is 5.56 Å². The number of carbonyl (C=O) groups is 2. The van der Waals surface area contributed by atoms with E-state index in [4.69, 9.17) is 5.11 Å². The van der Waals surface area contributed by atoms with Crippen molar-refractivity contribution in [2.75, 3.05) is 13.6 Å². The lowest BCUT2D eigenvalue weighted by atomic mass is 9.95. The Labute approximate surface area is 105 Å². The number of nitrogens with one attached hydrogen (secondary N) is 1. The topological polar surface area (TPSA) is 69.6 Å². The van der Waals surface area contributed by atoms with E-state index in [1.54, 1.807) is 0 Å². The molecule has 0 saturated heterocycles. The van der Waals surface area contributed by atoms with Gasteiger partial charge >= 0.3 is 5.97 Å². The molecule has 0 aromatic heterocycles. The molecule has 5 heteroatoms. The van der Waals surface area contributed by atoms with Crippen molar-refractivity contribution in [3.8, 4) is 0 Å². The first kappa shape index (κ1) is 12.6. The van der Waals surface area contributed by atoms with Crippen LogP contribution in [-0.2, 0) is 22.6 Å². The monoisotopic (exact) mass is 248 g/mol. The number of amides is 1. The molecule has 1 aromatic carbocycles. The molecule has 18 heavy (non-hydrogen) atoms. The van der Waals surface area contributed by atoms with Crippen molar-refractivity contribution in [1.82, 2.24) is 10.2 Å². The van der Waals surface area contributed by atoms with E-state index >= 15 is 0 Å². The Hall–Kier alpha value is -1.88. The summed E-state index contributed by atoms with van der Waals surface area (Å²) in [4.78, 5) is 23.9. The second-order valence-electron chi connectivity index (χ2n) is 4.49. The number of hydrogen-bond acceptors (Lipinski definition) is 3. The van der Waals surface area contributed by atoms with Crippen LogP contribution in [0.15, 0.2) is 24.3 Å². The lowest BCUT2D eigenvalue weighted by molar-refractivity contribution is -0.144. The number of rotatable bonds is 3. The molecule has 0 unspecified atom stereocenters. The summed E-state index contributed by atoms with van der Waals surface area (Å²) in [5.41, 5.74) is 2.35. The Morgan fingerprint density at radius 2 is 2.06 bits per heavy atom. The van der Waals surface area contributed by atoms with Crippen LogP contribution in [0, 0.1) is 0 Å². The maximum absolute atomic E-state index is 12.0. The molecule has 96 valence electrons. The van der Waals surface area contributed by atoms with Crippen molar-refractivity contribution in [2.45, 2.75) is 19.0 Å². The van der Waals surface area contributed by atoms with Crippen molar-refractivity contribution in [2.24, 2.45) is 0 Å². The predicted molar refractivity (Wildman–Crippen MR) is 66.0 cm³/mol. The lowest BCUT2D eigenvalue weighted by Gasteiger charge is -2.28. The zero-order chi connectivity index (χ0) is 13.1. The van der Waals surface area contributed by atoms with Crippen LogP contribution in [0.5, 0.6) is 0 Å². The van der Waals surface area contributed by atoms with Crippen LogP contribution in [0.1, 0.15) is 11.1 Å². The highest BCUT2D eigenvalue weighted by Crippen LogP contribution is 2.17. The fourth-order valence-corrected chi connectivity index (χ4v) is 2.18. The van der Waals surface area contributed by atoms with E-state index < -0.39 is 5.97 Å². The number of carboxylic acids is 1. The summed E-state index contributed by atoms with van der Waals surface area (Å²) in [5, 5.41) is 11.8. The fraction of sp³-hybridized carbons (Fsp3) is 0.385. The smallest absolute Gasteiger partial charge is 0.323 e. The maximum atomic E-state index is 12.0. The Morgan fingerprint density at radius 1 is 1.39 bits per heavy atom. The van der Waals surface area contributed by atoms with Gasteiger partial charge in [-0.3, -0.25) is 9.59 Å². The summed E-state index contributed by atoms with van der Waals surface area (Å²) in [5.74, 6) is -1.17. The van der Waals surface area contributed by atoms with Gasteiger partial charge in [-0.2, -0.15) is 0 Å². The molecule has 1 aromatic rings. The highest BCUT2D eigenvalue weighted by atomic mass is 16.4. The van der Waals surface area contributed by atoms with Crippen molar-refractivity contribution in [3.05, 3.63) is 35.4 Å². The predicted octanol–water partition coefficient (Wildman–Crippen LogP) is 0.244. The van der Waals surface area contributed by atoms with Gasteiger partial charge in [0.2, 0.25) is 5.91 Å². The summed E-state index contributed by atoms with van der Waals surface area (Å²) in [7, 11) is 1.51. The number of likely N-dealkylation sites (N-methyl/N-ethyl adjacent to an activating group) is 1. The van der Waals surface area contributed by atoms with Gasteiger partial charge in [-0.15, -0.1) is 0 Å². The summed E-state index contributed by atoms with van der Waals surface area (Å²) in [6, 6.07) is 7.63. The molecule has 5 nitrogen and oxygen atoms in total. The van der Waals surface area contributed by atoms with Crippen LogP contribution < -0.4 is 5.32 Å². The highest BCUT2D eigenvalue weighted by Gasteiger charge is 2.26. The van der Waals surface area contributed by atoms with Crippen LogP contribution >= 0.6 is 0 Å². The third-order valence-corrected chi connectivity index (χ3v) is 3.13. The van der Waals surface area contributed by atoms with E-state index in [-0.39, 0.29) is 18.5 Å². The number of nitrogens with zero attached hydrogens (tertiary/aromatic N) is 1. The number of aliphatic carboxylic acids is 1. The first-order valence-corrected chi connectivity index (χ1v) is 5.85. The van der Waals surface area contributed by atoms with Crippen LogP contribution in [0.25, 0.3) is 0 Å². The molecule has 1 aliphatic rings. The standard InChI is InChI=1S/C13H16N2O3/c1-15(8-12(16)17)13(18)11-6-9-4-2-3-5-10(9)7-14-11/h2-5,11,14H,6-8H2,1H3,(H,16,17)/t11-/m1/s1. The van der Waals surface area contributed by atoms with Gasteiger partial charge in [-0.1, -0.05) is 24.3 Å². The van der Waals surface area contributed by atoms with E-state index in [1.165, 1.54) is 17.5 Å². The van der Waals surface area contributed by atoms with Gasteiger partial charge in [0.1, 0.15) is 6.54 Å². The van der Waals surface area contributed by atoms with Crippen molar-refractivity contribution >= 4 is 11.9 Å². The van der Waals surface area contributed by atoms with Gasteiger partial charge in [0.05, 0.1) is 6.04 Å². The summed E-state index contributed by atoms with van der Waals surface area (Å²) in [6.07, 6.45) is 0.610. The minimum absolute atomic E-state index is 0.174. The second-order valence-corrected chi connectivity index (χ2v) is 4.49. The minimum Gasteiger partial charge on any atom is -0.480 e. The summed E-state index contributed by atoms with van der Waals surface area (Å²) in [6.45, 7) is 0.381. The number of fused-ring (bicyclic) bond motifs is 1. The lowest BCUT2D eigenvalue weighted by Crippen LogP contribution is -2.49. The molecule has 1 aliphatic heterocycles. The number of carboxylic acid groups (broad SMARTS) is 1.